The van der Waals surface area contributed by atoms with Gasteiger partial charge in [-0.2, -0.15) is 0 Å². The molecule has 1 fully saturated rings. The van der Waals surface area contributed by atoms with Crippen molar-refractivity contribution in [3.63, 3.8) is 0 Å². The maximum absolute atomic E-state index is 11.5. The zero-order chi connectivity index (χ0) is 15.6. The molecule has 2 aromatic rings. The molecule has 1 aromatic carbocycles. The zero-order valence-corrected chi connectivity index (χ0v) is 13.3. The first-order valence-corrected chi connectivity index (χ1v) is 9.12. The number of nitrogens with one attached hydrogen (secondary N) is 3. The number of hydrogen-bond acceptors (Lipinski definition) is 3. The predicted molar refractivity (Wildman–Crippen MR) is 88.7 cm³/mol. The van der Waals surface area contributed by atoms with Crippen molar-refractivity contribution < 1.29 is 8.42 Å². The van der Waals surface area contributed by atoms with E-state index in [-0.39, 0.29) is 17.5 Å². The lowest BCUT2D eigenvalue weighted by molar-refractivity contribution is 0.599. The lowest BCUT2D eigenvalue weighted by Crippen LogP contribution is -2.43. The maximum atomic E-state index is 11.5. The van der Waals surface area contributed by atoms with Gasteiger partial charge >= 0.3 is 0 Å². The molecule has 118 valence electrons. The van der Waals surface area contributed by atoms with Crippen molar-refractivity contribution in [1.82, 2.24) is 15.6 Å². The van der Waals surface area contributed by atoms with Crippen LogP contribution in [0, 0.1) is 0 Å². The number of guanidine groups is 1. The summed E-state index contributed by atoms with van der Waals surface area (Å²) in [5.74, 6) is 1.06. The fourth-order valence-electron chi connectivity index (χ4n) is 2.70. The highest BCUT2D eigenvalue weighted by Gasteiger charge is 2.28. The summed E-state index contributed by atoms with van der Waals surface area (Å²) in [6.07, 6.45) is 0.634. The van der Waals surface area contributed by atoms with Crippen molar-refractivity contribution in [3.8, 4) is 0 Å². The lowest BCUT2D eigenvalue weighted by Gasteiger charge is -2.15. The number of rotatable bonds is 3. The quantitative estimate of drug-likeness (QED) is 0.582. The van der Waals surface area contributed by atoms with Gasteiger partial charge in [-0.15, -0.1) is 0 Å². The van der Waals surface area contributed by atoms with Crippen LogP contribution < -0.4 is 10.6 Å². The minimum atomic E-state index is -2.89. The molecule has 0 saturated carbocycles. The van der Waals surface area contributed by atoms with Crippen LogP contribution in [-0.4, -0.2) is 44.0 Å². The van der Waals surface area contributed by atoms with Crippen LogP contribution >= 0.6 is 0 Å². The molecular formula is C15H20N4O2S. The molecule has 0 aliphatic carbocycles. The average Bonchev–Trinajstić information content (AvgIpc) is 3.05. The molecule has 0 spiro atoms. The third-order valence-electron chi connectivity index (χ3n) is 3.83. The summed E-state index contributed by atoms with van der Waals surface area (Å²) in [5.41, 5.74) is 2.16. The average molecular weight is 320 g/mol. The van der Waals surface area contributed by atoms with Gasteiger partial charge in [0.15, 0.2) is 15.8 Å². The number of aliphatic imine (C=N–C) groups is 1. The highest BCUT2D eigenvalue weighted by atomic mass is 32.2. The Bertz CT molecular complexity index is 762. The molecule has 6 nitrogen and oxygen atoms in total. The Morgan fingerprint density at radius 2 is 2.23 bits per heavy atom. The number of nitrogens with zero attached hydrogens (tertiary/aromatic N) is 1. The number of benzene rings is 1. The van der Waals surface area contributed by atoms with Crippen molar-refractivity contribution in [3.05, 3.63) is 36.0 Å². The summed E-state index contributed by atoms with van der Waals surface area (Å²) < 4.78 is 23.0. The van der Waals surface area contributed by atoms with Crippen molar-refractivity contribution >= 4 is 26.7 Å². The second-order valence-corrected chi connectivity index (χ2v) is 7.78. The number of H-pyrrole nitrogens is 1. The van der Waals surface area contributed by atoms with Gasteiger partial charge < -0.3 is 15.6 Å². The minimum Gasteiger partial charge on any atom is -0.357 e. The normalized spacial score (nSPS) is 21.1. The third kappa shape index (κ3) is 3.41. The fourth-order valence-corrected chi connectivity index (χ4v) is 4.38. The molecule has 3 rings (SSSR count). The summed E-state index contributed by atoms with van der Waals surface area (Å²) in [4.78, 5) is 7.49. The molecule has 0 amide bonds. The van der Waals surface area contributed by atoms with E-state index in [0.717, 1.165) is 11.2 Å². The maximum Gasteiger partial charge on any atom is 0.191 e. The summed E-state index contributed by atoms with van der Waals surface area (Å²) in [6, 6.07) is 10.1. The Hall–Kier alpha value is -2.02. The molecular weight excluding hydrogens is 300 g/mol. The highest BCUT2D eigenvalue weighted by Crippen LogP contribution is 2.14. The Morgan fingerprint density at radius 3 is 2.91 bits per heavy atom. The van der Waals surface area contributed by atoms with Gasteiger partial charge in [-0.25, -0.2) is 8.42 Å². The Morgan fingerprint density at radius 1 is 1.41 bits per heavy atom. The minimum absolute atomic E-state index is 0.0566. The van der Waals surface area contributed by atoms with Crippen molar-refractivity contribution in [1.29, 1.82) is 0 Å². The van der Waals surface area contributed by atoms with Gasteiger partial charge in [0, 0.05) is 24.3 Å². The smallest absolute Gasteiger partial charge is 0.191 e. The van der Waals surface area contributed by atoms with Gasteiger partial charge in [0.1, 0.15) is 0 Å². The van der Waals surface area contributed by atoms with Crippen LogP contribution in [0.1, 0.15) is 12.1 Å². The van der Waals surface area contributed by atoms with E-state index < -0.39 is 9.84 Å². The molecule has 0 bridgehead atoms. The molecule has 1 unspecified atom stereocenters. The lowest BCUT2D eigenvalue weighted by atomic mass is 10.2. The monoisotopic (exact) mass is 320 g/mol. The second kappa shape index (κ2) is 6.00. The topological polar surface area (TPSA) is 86.3 Å². The van der Waals surface area contributed by atoms with Crippen molar-refractivity contribution in [2.24, 2.45) is 4.99 Å². The first-order valence-electron chi connectivity index (χ1n) is 7.30. The molecule has 7 heteroatoms. The number of fused-ring (bicyclic) bond motifs is 1. The number of aromatic amines is 1. The Labute approximate surface area is 129 Å². The van der Waals surface area contributed by atoms with Gasteiger partial charge in [-0.1, -0.05) is 18.2 Å². The van der Waals surface area contributed by atoms with Crippen LogP contribution in [0.2, 0.25) is 0 Å². The van der Waals surface area contributed by atoms with E-state index in [4.69, 9.17) is 0 Å². The first kappa shape index (κ1) is 14.9. The van der Waals surface area contributed by atoms with Gasteiger partial charge in [0.25, 0.3) is 0 Å². The molecule has 1 aliphatic rings. The van der Waals surface area contributed by atoms with Gasteiger partial charge in [-0.05, 0) is 23.9 Å². The van der Waals surface area contributed by atoms with Crippen molar-refractivity contribution in [2.75, 3.05) is 18.6 Å². The summed E-state index contributed by atoms with van der Waals surface area (Å²) >= 11 is 0. The largest absolute Gasteiger partial charge is 0.357 e. The summed E-state index contributed by atoms with van der Waals surface area (Å²) in [6.45, 7) is 0.605. The van der Waals surface area contributed by atoms with Crippen LogP contribution in [0.3, 0.4) is 0 Å². The van der Waals surface area contributed by atoms with Crippen molar-refractivity contribution in [2.45, 2.75) is 19.0 Å². The number of sulfone groups is 1. The van der Waals surface area contributed by atoms with Crippen LogP contribution in [0.15, 0.2) is 35.3 Å². The van der Waals surface area contributed by atoms with E-state index >= 15 is 0 Å². The van der Waals surface area contributed by atoms with E-state index in [2.05, 4.69) is 32.7 Å². The Balaban J connectivity index is 1.59. The van der Waals surface area contributed by atoms with Crippen LogP contribution in [0.5, 0.6) is 0 Å². The molecule has 22 heavy (non-hydrogen) atoms. The summed E-state index contributed by atoms with van der Waals surface area (Å²) in [7, 11) is -1.20. The van der Waals surface area contributed by atoms with E-state index in [1.807, 2.05) is 18.2 Å². The Kier molecular flexibility index (Phi) is 4.06. The second-order valence-electron chi connectivity index (χ2n) is 5.55. The fraction of sp³-hybridized carbons (Fsp3) is 0.400. The third-order valence-corrected chi connectivity index (χ3v) is 5.60. The molecule has 1 aliphatic heterocycles. The van der Waals surface area contributed by atoms with E-state index in [0.29, 0.717) is 18.9 Å². The summed E-state index contributed by atoms with van der Waals surface area (Å²) in [5, 5.41) is 7.56. The van der Waals surface area contributed by atoms with Crippen LogP contribution in [-0.2, 0) is 16.4 Å². The molecule has 1 aromatic heterocycles. The highest BCUT2D eigenvalue weighted by molar-refractivity contribution is 7.91. The SMILES string of the molecule is CN=C(NCc1cc2ccccc2[nH]1)NC1CCS(=O)(=O)C1. The first-order chi connectivity index (χ1) is 10.6. The standard InChI is InChI=1S/C15H20N4O2S/c1-16-15(19-12-6-7-22(20,21)10-12)17-9-13-8-11-4-2-3-5-14(11)18-13/h2-5,8,12,18H,6-7,9-10H2,1H3,(H2,16,17,19). The van der Waals surface area contributed by atoms with E-state index in [9.17, 15) is 8.42 Å². The molecule has 1 saturated heterocycles. The molecule has 0 radical (unpaired) electrons. The molecule has 2 heterocycles. The number of hydrogen-bond donors (Lipinski definition) is 3. The van der Waals surface area contributed by atoms with E-state index in [1.165, 1.54) is 5.39 Å². The predicted octanol–water partition coefficient (Wildman–Crippen LogP) is 1.02. The molecule has 1 atom stereocenters. The van der Waals surface area contributed by atoms with Crippen LogP contribution in [0.4, 0.5) is 0 Å². The van der Waals surface area contributed by atoms with E-state index in [1.54, 1.807) is 7.05 Å². The van der Waals surface area contributed by atoms with Gasteiger partial charge in [-0.3, -0.25) is 4.99 Å². The van der Waals surface area contributed by atoms with Gasteiger partial charge in [0.05, 0.1) is 18.1 Å². The zero-order valence-electron chi connectivity index (χ0n) is 12.5. The number of para-hydroxylation sites is 1. The van der Waals surface area contributed by atoms with Gasteiger partial charge in [0.2, 0.25) is 0 Å². The number of aromatic nitrogens is 1. The van der Waals surface area contributed by atoms with Crippen LogP contribution in [0.25, 0.3) is 10.9 Å². The molecule has 3 N–H and O–H groups in total.